The summed E-state index contributed by atoms with van der Waals surface area (Å²) in [5.41, 5.74) is 2.37. The van der Waals surface area contributed by atoms with Crippen molar-refractivity contribution in [2.75, 3.05) is 26.4 Å². The number of halogens is 2. The Bertz CT molecular complexity index is 4450. The lowest BCUT2D eigenvalue weighted by molar-refractivity contribution is -0.154. The number of hydrogen-bond acceptors (Lipinski definition) is 16. The van der Waals surface area contributed by atoms with E-state index in [4.69, 9.17) is 61.1 Å². The SMILES string of the molecule is C=C(Cl)C(=O)OCCOC(=O)C(C(C)C)N1C(=O)c2cc(Oc3ccc(C(C)(C)C)cc3)c3c4c(Oc5ccc(C(C)(C)C)cc5)cc5c6c(cc(Oc7ccc(C(C)(C)C)cc7)c(c7c(Oc8ccc(C(C)(C)C)cc8)cc(c2c37)C1=O)c64)C(=O)N(C(C(=O)OCCOC(=O)C(=C)Cl)C(C)C)C5=O. The van der Waals surface area contributed by atoms with Gasteiger partial charge in [-0.3, -0.25) is 29.0 Å². The fourth-order valence-corrected chi connectivity index (χ4v) is 13.3. The van der Waals surface area contributed by atoms with Gasteiger partial charge in [0, 0.05) is 43.1 Å². The number of benzene rings is 9. The molecule has 9 aromatic carbocycles. The molecule has 2 aliphatic heterocycles. The van der Waals surface area contributed by atoms with Gasteiger partial charge in [0.15, 0.2) is 0 Å². The highest BCUT2D eigenvalue weighted by Crippen LogP contribution is 2.58. The Morgan fingerprint density at radius 3 is 0.750 bits per heavy atom. The standard InChI is InChI=1S/C84H84Cl2N2O16/c1-43(2)71(79(95)99-37-35-97-77(93)45(5)85)87-73(89)55-39-59(101-51-27-19-47(20-28-51)81(7,8)9)65-67-61(103-53-31-23-49(24-32-53)83(13,14)15)41-57-64-58(76(92)88(75(57)91)72(44(3)4)80(96)100-38-36-98-78(94)46(6)86)42-62(104-54-33-25-50(26-34-54)84(16,17)18)68(70(64)67)66-60(40-56(74(87)90)63(55)69(65)66)102-52-29-21-48(22-30-52)82(10,11)12/h19-34,39-44,71-72H,5-6,35-38H2,1-4,7-18H3. The molecule has 0 radical (unpaired) electrons. The number of rotatable bonds is 22. The van der Waals surface area contributed by atoms with Crippen LogP contribution in [0.5, 0.6) is 46.0 Å². The fourth-order valence-electron chi connectivity index (χ4n) is 13.2. The predicted molar refractivity (Wildman–Crippen MR) is 401 cm³/mol. The molecule has 0 saturated carbocycles. The Hall–Kier alpha value is -10.3. The topological polar surface area (TPSA) is 217 Å². The summed E-state index contributed by atoms with van der Waals surface area (Å²) in [6.45, 7) is 36.5. The Labute approximate surface area is 614 Å². The average Bonchev–Trinajstić information content (AvgIpc) is 0.671. The molecule has 0 fully saturated rings. The first-order valence-electron chi connectivity index (χ1n) is 34.4. The van der Waals surface area contributed by atoms with Gasteiger partial charge in [-0.15, -0.1) is 0 Å². The minimum absolute atomic E-state index is 0.0159. The summed E-state index contributed by atoms with van der Waals surface area (Å²) >= 11 is 11.5. The van der Waals surface area contributed by atoms with Crippen molar-refractivity contribution < 1.29 is 76.3 Å². The van der Waals surface area contributed by atoms with Gasteiger partial charge >= 0.3 is 23.9 Å². The van der Waals surface area contributed by atoms with E-state index >= 15 is 19.2 Å². The number of amides is 4. The molecule has 0 saturated heterocycles. The van der Waals surface area contributed by atoms with Gasteiger partial charge in [0.05, 0.1) is 22.3 Å². The molecule has 2 atom stereocenters. The minimum Gasteiger partial charge on any atom is -0.461 e. The average molecular weight is 1450 g/mol. The molecule has 18 nitrogen and oxygen atoms in total. The number of fused-ring (bicyclic) bond motifs is 2. The molecule has 20 heteroatoms. The molecule has 2 unspecified atom stereocenters. The summed E-state index contributed by atoms with van der Waals surface area (Å²) in [4.78, 5) is 120. The van der Waals surface area contributed by atoms with E-state index in [9.17, 15) is 19.2 Å². The second-order valence-electron chi connectivity index (χ2n) is 30.9. The third kappa shape index (κ3) is 14.5. The van der Waals surface area contributed by atoms with E-state index in [-0.39, 0.29) is 110 Å². The molecule has 11 rings (SSSR count). The third-order valence-corrected chi connectivity index (χ3v) is 18.9. The summed E-state index contributed by atoms with van der Waals surface area (Å²) in [5, 5.41) is 0.735. The number of carbonyl (C=O) groups excluding carboxylic acids is 8. The number of nitrogens with zero attached hydrogens (tertiary/aromatic N) is 2. The van der Waals surface area contributed by atoms with Gasteiger partial charge in [0.1, 0.15) is 94.6 Å². The van der Waals surface area contributed by atoms with E-state index in [2.05, 4.69) is 96.2 Å². The maximum atomic E-state index is 16.2. The molecule has 540 valence electrons. The van der Waals surface area contributed by atoms with Crippen LogP contribution in [0.2, 0.25) is 0 Å². The van der Waals surface area contributed by atoms with E-state index in [1.807, 2.05) is 48.5 Å². The molecule has 0 N–H and O–H groups in total. The van der Waals surface area contributed by atoms with Gasteiger partial charge < -0.3 is 37.9 Å². The van der Waals surface area contributed by atoms with Crippen molar-refractivity contribution >= 4 is 114 Å². The van der Waals surface area contributed by atoms with Crippen LogP contribution < -0.4 is 18.9 Å². The van der Waals surface area contributed by atoms with Crippen molar-refractivity contribution in [2.24, 2.45) is 11.8 Å². The largest absolute Gasteiger partial charge is 0.461 e. The van der Waals surface area contributed by atoms with Crippen LogP contribution in [-0.2, 0) is 59.8 Å². The van der Waals surface area contributed by atoms with Crippen LogP contribution in [0.15, 0.2) is 145 Å². The Morgan fingerprint density at radius 2 is 0.558 bits per heavy atom. The van der Waals surface area contributed by atoms with E-state index in [0.717, 1.165) is 32.1 Å². The summed E-state index contributed by atoms with van der Waals surface area (Å²) in [7, 11) is 0. The summed E-state index contributed by atoms with van der Waals surface area (Å²) in [6, 6.07) is 32.6. The molecule has 104 heavy (non-hydrogen) atoms. The predicted octanol–water partition coefficient (Wildman–Crippen LogP) is 19.0. The maximum Gasteiger partial charge on any atom is 0.349 e. The Kier molecular flexibility index (Phi) is 20.4. The number of hydrogen-bond donors (Lipinski definition) is 0. The van der Waals surface area contributed by atoms with Crippen molar-refractivity contribution in [3.63, 3.8) is 0 Å². The quantitative estimate of drug-likeness (QED) is 0.0117. The van der Waals surface area contributed by atoms with E-state index in [1.54, 1.807) is 76.2 Å². The van der Waals surface area contributed by atoms with Gasteiger partial charge in [-0.2, -0.15) is 0 Å². The van der Waals surface area contributed by atoms with Gasteiger partial charge in [0.2, 0.25) is 0 Å². The number of ether oxygens (including phenoxy) is 8. The number of imide groups is 2. The van der Waals surface area contributed by atoms with Crippen LogP contribution in [0.25, 0.3) is 43.1 Å². The normalized spacial score (nSPS) is 14.0. The molecule has 2 heterocycles. The van der Waals surface area contributed by atoms with Crippen LogP contribution in [0.1, 0.15) is 174 Å². The van der Waals surface area contributed by atoms with Gasteiger partial charge in [-0.05, 0) is 129 Å². The lowest BCUT2D eigenvalue weighted by atomic mass is 9.80. The molecular weight excluding hydrogens is 1360 g/mol. The maximum absolute atomic E-state index is 16.2. The van der Waals surface area contributed by atoms with E-state index in [1.165, 1.54) is 24.3 Å². The molecule has 0 aliphatic carbocycles. The zero-order chi connectivity index (χ0) is 75.7. The first-order chi connectivity index (χ1) is 48.8. The smallest absolute Gasteiger partial charge is 0.349 e. The van der Waals surface area contributed by atoms with Crippen LogP contribution in [0, 0.1) is 11.8 Å². The first kappa shape index (κ1) is 74.9. The van der Waals surface area contributed by atoms with Crippen molar-refractivity contribution in [1.29, 1.82) is 0 Å². The monoisotopic (exact) mass is 1450 g/mol. The highest BCUT2D eigenvalue weighted by atomic mass is 35.5. The second kappa shape index (κ2) is 28.4. The van der Waals surface area contributed by atoms with Crippen LogP contribution >= 0.6 is 23.2 Å². The first-order valence-corrected chi connectivity index (χ1v) is 35.1. The third-order valence-electron chi connectivity index (χ3n) is 18.6. The van der Waals surface area contributed by atoms with Gasteiger partial charge in [0.25, 0.3) is 23.6 Å². The van der Waals surface area contributed by atoms with Gasteiger partial charge in [-0.1, -0.05) is 196 Å². The highest BCUT2D eigenvalue weighted by molar-refractivity contribution is 6.45. The Balaban J connectivity index is 1.31. The van der Waals surface area contributed by atoms with Crippen molar-refractivity contribution in [2.45, 2.75) is 145 Å². The zero-order valence-corrected chi connectivity index (χ0v) is 62.8. The fraction of sp³-hybridized carbons (Fsp3) is 0.333. The van der Waals surface area contributed by atoms with Crippen LogP contribution in [0.4, 0.5) is 0 Å². The van der Waals surface area contributed by atoms with Crippen molar-refractivity contribution in [3.8, 4) is 46.0 Å². The number of carbonyl (C=O) groups is 8. The lowest BCUT2D eigenvalue weighted by Gasteiger charge is -2.36. The van der Waals surface area contributed by atoms with Crippen molar-refractivity contribution in [1.82, 2.24) is 9.80 Å². The van der Waals surface area contributed by atoms with Crippen LogP contribution in [0.3, 0.4) is 0 Å². The molecule has 2 aliphatic rings. The summed E-state index contributed by atoms with van der Waals surface area (Å²) in [6.07, 6.45) is 0. The molecule has 0 aromatic heterocycles. The molecule has 0 bridgehead atoms. The van der Waals surface area contributed by atoms with E-state index in [0.29, 0.717) is 23.0 Å². The second-order valence-corrected chi connectivity index (χ2v) is 31.9. The summed E-state index contributed by atoms with van der Waals surface area (Å²) in [5.74, 6) is -7.72. The van der Waals surface area contributed by atoms with Gasteiger partial charge in [-0.25, -0.2) is 19.2 Å². The Morgan fingerprint density at radius 1 is 0.346 bits per heavy atom. The van der Waals surface area contributed by atoms with Crippen LogP contribution in [-0.4, -0.2) is 95.8 Å². The molecule has 4 amide bonds. The molecule has 0 spiro atoms. The highest BCUT2D eigenvalue weighted by Gasteiger charge is 2.48. The summed E-state index contributed by atoms with van der Waals surface area (Å²) < 4.78 is 50.7. The molecular formula is C84H84Cl2N2O16. The number of esters is 4. The lowest BCUT2D eigenvalue weighted by Crippen LogP contribution is -2.53. The van der Waals surface area contributed by atoms with Crippen molar-refractivity contribution in [3.05, 3.63) is 189 Å². The van der Waals surface area contributed by atoms with E-state index < -0.39 is 108 Å². The minimum atomic E-state index is -1.58. The zero-order valence-electron chi connectivity index (χ0n) is 61.3. The molecule has 9 aromatic rings.